The number of aryl methyl sites for hydroxylation is 1. The summed E-state index contributed by atoms with van der Waals surface area (Å²) in [5.74, 6) is 0.881. The highest BCUT2D eigenvalue weighted by atomic mass is 127. The van der Waals surface area contributed by atoms with Crippen LogP contribution in [0.5, 0.6) is 0 Å². The predicted molar refractivity (Wildman–Crippen MR) is 86.6 cm³/mol. The summed E-state index contributed by atoms with van der Waals surface area (Å²) >= 11 is 0. The summed E-state index contributed by atoms with van der Waals surface area (Å²) in [4.78, 5) is 4.52. The van der Waals surface area contributed by atoms with Gasteiger partial charge >= 0.3 is 0 Å². The van der Waals surface area contributed by atoms with E-state index in [-0.39, 0.29) is 24.0 Å². The van der Waals surface area contributed by atoms with Gasteiger partial charge in [0.25, 0.3) is 0 Å². The summed E-state index contributed by atoms with van der Waals surface area (Å²) in [5, 5.41) is 10.6. The molecule has 104 valence electrons. The number of guanidine groups is 1. The average molecular weight is 365 g/mol. The first kappa shape index (κ1) is 17.2. The second-order valence-electron chi connectivity index (χ2n) is 4.33. The van der Waals surface area contributed by atoms with E-state index in [0.717, 1.165) is 25.5 Å². The fourth-order valence-electron chi connectivity index (χ4n) is 1.49. The van der Waals surface area contributed by atoms with Crippen LogP contribution < -0.4 is 10.6 Å². The van der Waals surface area contributed by atoms with E-state index in [1.807, 2.05) is 24.1 Å². The lowest BCUT2D eigenvalue weighted by Gasteiger charge is -2.13. The Hall–Kier alpha value is -0.790. The molecule has 18 heavy (non-hydrogen) atoms. The Morgan fingerprint density at radius 2 is 2.22 bits per heavy atom. The number of hydrogen-bond donors (Lipinski definition) is 2. The van der Waals surface area contributed by atoms with Gasteiger partial charge < -0.3 is 10.6 Å². The molecule has 0 radical (unpaired) electrons. The minimum absolute atomic E-state index is 0. The largest absolute Gasteiger partial charge is 0.357 e. The normalized spacial score (nSPS) is 11.3. The van der Waals surface area contributed by atoms with Crippen molar-refractivity contribution in [3.05, 3.63) is 18.0 Å². The van der Waals surface area contributed by atoms with Crippen molar-refractivity contribution < 1.29 is 0 Å². The van der Waals surface area contributed by atoms with E-state index in [1.165, 1.54) is 5.56 Å². The van der Waals surface area contributed by atoms with Crippen molar-refractivity contribution >= 4 is 29.9 Å². The van der Waals surface area contributed by atoms with Crippen LogP contribution in [0, 0.1) is 0 Å². The Morgan fingerprint density at radius 3 is 2.72 bits per heavy atom. The molecule has 0 aromatic carbocycles. The first-order chi connectivity index (χ1) is 8.11. The number of nitrogens with one attached hydrogen (secondary N) is 2. The van der Waals surface area contributed by atoms with Crippen molar-refractivity contribution in [2.45, 2.75) is 33.2 Å². The lowest BCUT2D eigenvalue weighted by Crippen LogP contribution is -2.41. The quantitative estimate of drug-likeness (QED) is 0.473. The van der Waals surface area contributed by atoms with Crippen LogP contribution in [0.15, 0.2) is 17.4 Å². The summed E-state index contributed by atoms with van der Waals surface area (Å²) in [6.45, 7) is 7.93. The predicted octanol–water partition coefficient (Wildman–Crippen LogP) is 1.54. The maximum Gasteiger partial charge on any atom is 0.191 e. The van der Waals surface area contributed by atoms with Crippen LogP contribution in [-0.2, 0) is 13.5 Å². The molecule has 6 heteroatoms. The van der Waals surface area contributed by atoms with Crippen molar-refractivity contribution in [2.75, 3.05) is 13.1 Å². The van der Waals surface area contributed by atoms with Crippen LogP contribution >= 0.6 is 24.0 Å². The lowest BCUT2D eigenvalue weighted by atomic mass is 10.3. The number of aromatic nitrogens is 2. The molecular formula is C12H24IN5. The van der Waals surface area contributed by atoms with Crippen molar-refractivity contribution in [2.24, 2.45) is 12.0 Å². The van der Waals surface area contributed by atoms with Crippen LogP contribution in [0.1, 0.15) is 26.3 Å². The number of rotatable bonds is 5. The highest BCUT2D eigenvalue weighted by molar-refractivity contribution is 14.0. The van der Waals surface area contributed by atoms with E-state index < -0.39 is 0 Å². The summed E-state index contributed by atoms with van der Waals surface area (Å²) in [5.41, 5.74) is 1.22. The topological polar surface area (TPSA) is 54.2 Å². The van der Waals surface area contributed by atoms with Gasteiger partial charge in [0.1, 0.15) is 0 Å². The SMILES string of the molecule is CCNC(=NCCc1cnn(C)c1)NC(C)C.I. The van der Waals surface area contributed by atoms with Crippen molar-refractivity contribution in [3.8, 4) is 0 Å². The Kier molecular flexibility index (Phi) is 8.78. The molecule has 1 rings (SSSR count). The highest BCUT2D eigenvalue weighted by Crippen LogP contribution is 1.97. The van der Waals surface area contributed by atoms with Crippen LogP contribution in [0.2, 0.25) is 0 Å². The van der Waals surface area contributed by atoms with Crippen LogP contribution in [0.4, 0.5) is 0 Å². The summed E-state index contributed by atoms with van der Waals surface area (Å²) in [7, 11) is 1.93. The van der Waals surface area contributed by atoms with Crippen LogP contribution in [0.3, 0.4) is 0 Å². The molecule has 0 atom stereocenters. The fraction of sp³-hybridized carbons (Fsp3) is 0.667. The van der Waals surface area contributed by atoms with Crippen molar-refractivity contribution in [1.82, 2.24) is 20.4 Å². The first-order valence-electron chi connectivity index (χ1n) is 6.14. The van der Waals surface area contributed by atoms with Gasteiger partial charge in [0.2, 0.25) is 0 Å². The average Bonchev–Trinajstić information content (AvgIpc) is 2.63. The van der Waals surface area contributed by atoms with E-state index >= 15 is 0 Å². The summed E-state index contributed by atoms with van der Waals surface area (Å²) in [6, 6.07) is 0.395. The van der Waals surface area contributed by atoms with E-state index in [1.54, 1.807) is 0 Å². The number of nitrogens with zero attached hydrogens (tertiary/aromatic N) is 3. The van der Waals surface area contributed by atoms with Gasteiger partial charge in [-0.2, -0.15) is 5.10 Å². The van der Waals surface area contributed by atoms with Gasteiger partial charge in [-0.3, -0.25) is 9.67 Å². The van der Waals surface area contributed by atoms with Gasteiger partial charge in [0, 0.05) is 32.4 Å². The van der Waals surface area contributed by atoms with Gasteiger partial charge in [-0.05, 0) is 32.8 Å². The number of aliphatic imine (C=N–C) groups is 1. The molecule has 0 saturated heterocycles. The molecule has 0 fully saturated rings. The molecule has 0 bridgehead atoms. The van der Waals surface area contributed by atoms with Crippen LogP contribution in [-0.4, -0.2) is 34.9 Å². The Bertz CT molecular complexity index is 359. The molecule has 0 saturated carbocycles. The molecule has 0 unspecified atom stereocenters. The maximum atomic E-state index is 4.52. The molecule has 0 aliphatic rings. The molecule has 1 aromatic rings. The van der Waals surface area contributed by atoms with E-state index in [9.17, 15) is 0 Å². The Balaban J connectivity index is 0.00000289. The minimum Gasteiger partial charge on any atom is -0.357 e. The van der Waals surface area contributed by atoms with Gasteiger partial charge in [0.15, 0.2) is 5.96 Å². The van der Waals surface area contributed by atoms with Gasteiger partial charge in [-0.25, -0.2) is 0 Å². The molecule has 0 aliphatic heterocycles. The van der Waals surface area contributed by atoms with Gasteiger partial charge in [0.05, 0.1) is 6.20 Å². The third-order valence-corrected chi connectivity index (χ3v) is 2.20. The first-order valence-corrected chi connectivity index (χ1v) is 6.14. The molecule has 0 amide bonds. The Labute approximate surface area is 126 Å². The highest BCUT2D eigenvalue weighted by Gasteiger charge is 2.00. The van der Waals surface area contributed by atoms with Gasteiger partial charge in [-0.1, -0.05) is 0 Å². The van der Waals surface area contributed by atoms with E-state index in [0.29, 0.717) is 6.04 Å². The standard InChI is InChI=1S/C12H23N5.HI/c1-5-13-12(16-10(2)3)14-7-6-11-8-15-17(4)9-11;/h8-10H,5-7H2,1-4H3,(H2,13,14,16);1H. The molecule has 5 nitrogen and oxygen atoms in total. The van der Waals surface area contributed by atoms with Crippen molar-refractivity contribution in [3.63, 3.8) is 0 Å². The van der Waals surface area contributed by atoms with E-state index in [2.05, 4.69) is 41.5 Å². The fourth-order valence-corrected chi connectivity index (χ4v) is 1.49. The minimum atomic E-state index is 0. The molecule has 1 heterocycles. The second kappa shape index (κ2) is 9.18. The Morgan fingerprint density at radius 1 is 1.50 bits per heavy atom. The summed E-state index contributed by atoms with van der Waals surface area (Å²) in [6.07, 6.45) is 4.83. The second-order valence-corrected chi connectivity index (χ2v) is 4.33. The zero-order valence-corrected chi connectivity index (χ0v) is 13.9. The van der Waals surface area contributed by atoms with E-state index in [4.69, 9.17) is 0 Å². The van der Waals surface area contributed by atoms with Crippen molar-refractivity contribution in [1.29, 1.82) is 0 Å². The monoisotopic (exact) mass is 365 g/mol. The van der Waals surface area contributed by atoms with Crippen LogP contribution in [0.25, 0.3) is 0 Å². The third-order valence-electron chi connectivity index (χ3n) is 2.20. The third kappa shape index (κ3) is 6.83. The molecule has 0 aliphatic carbocycles. The number of hydrogen-bond acceptors (Lipinski definition) is 2. The smallest absolute Gasteiger partial charge is 0.191 e. The number of halogens is 1. The molecule has 2 N–H and O–H groups in total. The maximum absolute atomic E-state index is 4.52. The zero-order valence-electron chi connectivity index (χ0n) is 11.6. The molecule has 0 spiro atoms. The summed E-state index contributed by atoms with van der Waals surface area (Å²) < 4.78 is 1.82. The molecular weight excluding hydrogens is 341 g/mol. The lowest BCUT2D eigenvalue weighted by molar-refractivity contribution is 0.700. The van der Waals surface area contributed by atoms with Gasteiger partial charge in [-0.15, -0.1) is 24.0 Å². The molecule has 1 aromatic heterocycles. The zero-order chi connectivity index (χ0) is 12.7.